The van der Waals surface area contributed by atoms with Gasteiger partial charge in [0.1, 0.15) is 5.75 Å². The van der Waals surface area contributed by atoms with Gasteiger partial charge in [0.2, 0.25) is 5.88 Å². The minimum absolute atomic E-state index is 0.0844. The molecule has 0 atom stereocenters. The van der Waals surface area contributed by atoms with E-state index in [-0.39, 0.29) is 5.78 Å². The van der Waals surface area contributed by atoms with Gasteiger partial charge in [0.15, 0.2) is 5.78 Å². The third-order valence-corrected chi connectivity index (χ3v) is 4.85. The molecule has 3 aromatic carbocycles. The fourth-order valence-electron chi connectivity index (χ4n) is 2.70. The molecule has 4 nitrogen and oxygen atoms in total. The lowest BCUT2D eigenvalue weighted by Gasteiger charge is -2.06. The predicted molar refractivity (Wildman–Crippen MR) is 119 cm³/mol. The van der Waals surface area contributed by atoms with Gasteiger partial charge >= 0.3 is 0 Å². The number of allylic oxidation sites excluding steroid dienone is 1. The van der Waals surface area contributed by atoms with Crippen molar-refractivity contribution >= 4 is 50.4 Å². The molecular weight excluding hydrogens is 452 g/mol. The fraction of sp³-hybridized carbons (Fsp3) is 0. The number of hydrogen-bond donors (Lipinski definition) is 0. The van der Waals surface area contributed by atoms with Gasteiger partial charge < -0.3 is 4.74 Å². The molecule has 0 fully saturated rings. The number of carbonyl (C=O) groups is 1. The van der Waals surface area contributed by atoms with E-state index in [1.807, 2.05) is 24.3 Å². The first-order chi connectivity index (χ1) is 14.1. The van der Waals surface area contributed by atoms with Crippen LogP contribution in [0, 0.1) is 0 Å². The molecule has 0 unspecified atom stereocenters. The number of hydrogen-bond acceptors (Lipinski definition) is 4. The average molecular weight is 466 g/mol. The van der Waals surface area contributed by atoms with Crippen molar-refractivity contribution in [1.29, 1.82) is 0 Å². The summed E-state index contributed by atoms with van der Waals surface area (Å²) in [7, 11) is 0. The molecule has 29 heavy (non-hydrogen) atoms. The van der Waals surface area contributed by atoms with Crippen LogP contribution < -0.4 is 4.74 Å². The second kappa shape index (κ2) is 8.55. The van der Waals surface area contributed by atoms with E-state index in [0.29, 0.717) is 33.2 Å². The third kappa shape index (κ3) is 4.88. The van der Waals surface area contributed by atoms with Crippen molar-refractivity contribution in [2.45, 2.75) is 0 Å². The summed E-state index contributed by atoms with van der Waals surface area (Å²) in [5, 5.41) is 0.606. The maximum absolute atomic E-state index is 12.4. The lowest BCUT2D eigenvalue weighted by atomic mass is 10.1. The molecule has 0 spiro atoms. The van der Waals surface area contributed by atoms with E-state index in [2.05, 4.69) is 25.9 Å². The summed E-state index contributed by atoms with van der Waals surface area (Å²) in [6.45, 7) is 0. The maximum Gasteiger partial charge on any atom is 0.238 e. The van der Waals surface area contributed by atoms with Crippen molar-refractivity contribution < 1.29 is 9.53 Å². The summed E-state index contributed by atoms with van der Waals surface area (Å²) in [4.78, 5) is 21.1. The van der Waals surface area contributed by atoms with Crippen LogP contribution in [0.15, 0.2) is 83.5 Å². The number of ketones is 1. The second-order valence-electron chi connectivity index (χ2n) is 6.22. The molecule has 0 bridgehead atoms. The molecular formula is C23H14BrClN2O2. The van der Waals surface area contributed by atoms with Gasteiger partial charge in [-0.2, -0.15) is 0 Å². The van der Waals surface area contributed by atoms with Crippen molar-refractivity contribution in [2.75, 3.05) is 0 Å². The number of aromatic nitrogens is 2. The third-order valence-electron chi connectivity index (χ3n) is 4.12. The molecule has 6 heteroatoms. The Bertz CT molecular complexity index is 1220. The van der Waals surface area contributed by atoms with Crippen molar-refractivity contribution in [1.82, 2.24) is 9.97 Å². The van der Waals surface area contributed by atoms with Gasteiger partial charge in [-0.25, -0.2) is 9.97 Å². The molecule has 0 amide bonds. The Balaban J connectivity index is 1.46. The van der Waals surface area contributed by atoms with Gasteiger partial charge in [0.05, 0.1) is 17.2 Å². The molecule has 0 radical (unpaired) electrons. The minimum Gasteiger partial charge on any atom is -0.437 e. The van der Waals surface area contributed by atoms with Crippen LogP contribution in [0.1, 0.15) is 15.9 Å². The van der Waals surface area contributed by atoms with Crippen molar-refractivity contribution in [3.05, 3.63) is 99.6 Å². The summed E-state index contributed by atoms with van der Waals surface area (Å²) < 4.78 is 6.72. The number of ether oxygens (including phenoxy) is 1. The summed E-state index contributed by atoms with van der Waals surface area (Å²) in [5.74, 6) is 0.854. The van der Waals surface area contributed by atoms with Crippen LogP contribution in [0.4, 0.5) is 0 Å². The standard InChI is InChI=1S/C23H14BrClN2O2/c24-17-3-1-2-15(12-17)4-11-22(28)16-5-8-19(9-6-16)29-23-14-26-21-13-18(25)7-10-20(21)27-23/h1-14H/b11-4+. The van der Waals surface area contributed by atoms with Gasteiger partial charge in [0.25, 0.3) is 0 Å². The highest BCUT2D eigenvalue weighted by atomic mass is 79.9. The number of benzene rings is 3. The van der Waals surface area contributed by atoms with Crippen molar-refractivity contribution in [2.24, 2.45) is 0 Å². The second-order valence-corrected chi connectivity index (χ2v) is 7.57. The highest BCUT2D eigenvalue weighted by Gasteiger charge is 2.06. The molecule has 4 aromatic rings. The number of halogens is 2. The van der Waals surface area contributed by atoms with E-state index in [1.54, 1.807) is 60.8 Å². The minimum atomic E-state index is -0.0844. The van der Waals surface area contributed by atoms with Crippen molar-refractivity contribution in [3.8, 4) is 11.6 Å². The van der Waals surface area contributed by atoms with Gasteiger partial charge in [-0.1, -0.05) is 45.7 Å². The van der Waals surface area contributed by atoms with Crippen LogP contribution in [0.3, 0.4) is 0 Å². The Morgan fingerprint density at radius 3 is 2.62 bits per heavy atom. The van der Waals surface area contributed by atoms with Gasteiger partial charge in [-0.05, 0) is 66.2 Å². The molecule has 1 aromatic heterocycles. The van der Waals surface area contributed by atoms with E-state index < -0.39 is 0 Å². The summed E-state index contributed by atoms with van der Waals surface area (Å²) in [5.41, 5.74) is 2.91. The Morgan fingerprint density at radius 1 is 1.00 bits per heavy atom. The van der Waals surface area contributed by atoms with Crippen LogP contribution in [0.2, 0.25) is 5.02 Å². The van der Waals surface area contributed by atoms with Gasteiger partial charge in [-0.3, -0.25) is 4.79 Å². The van der Waals surface area contributed by atoms with Crippen molar-refractivity contribution in [3.63, 3.8) is 0 Å². The van der Waals surface area contributed by atoms with Gasteiger partial charge in [0, 0.05) is 15.1 Å². The normalized spacial score (nSPS) is 11.1. The SMILES string of the molecule is O=C(/C=C/c1cccc(Br)c1)c1ccc(Oc2cnc3cc(Cl)ccc3n2)cc1. The molecule has 1 heterocycles. The Labute approximate surface area is 181 Å². The Hall–Kier alpha value is -3.02. The lowest BCUT2D eigenvalue weighted by molar-refractivity contribution is 0.104. The highest BCUT2D eigenvalue weighted by molar-refractivity contribution is 9.10. The lowest BCUT2D eigenvalue weighted by Crippen LogP contribution is -1.95. The maximum atomic E-state index is 12.4. The molecule has 4 rings (SSSR count). The average Bonchev–Trinajstić information content (AvgIpc) is 2.73. The molecule has 0 aliphatic carbocycles. The zero-order valence-corrected chi connectivity index (χ0v) is 17.4. The molecule has 142 valence electrons. The number of carbonyl (C=O) groups excluding carboxylic acids is 1. The number of nitrogens with zero attached hydrogens (tertiary/aromatic N) is 2. The van der Waals surface area contributed by atoms with E-state index in [9.17, 15) is 4.79 Å². The van der Waals surface area contributed by atoms with Crippen LogP contribution in [-0.4, -0.2) is 15.8 Å². The quantitative estimate of drug-likeness (QED) is 0.242. The van der Waals surface area contributed by atoms with Crippen LogP contribution in [0.5, 0.6) is 11.6 Å². The Kier molecular flexibility index (Phi) is 5.69. The number of rotatable bonds is 5. The topological polar surface area (TPSA) is 52.1 Å². The zero-order valence-electron chi connectivity index (χ0n) is 15.0. The first kappa shape index (κ1) is 19.3. The molecule has 0 saturated heterocycles. The summed E-state index contributed by atoms with van der Waals surface area (Å²) >= 11 is 9.38. The highest BCUT2D eigenvalue weighted by Crippen LogP contribution is 2.23. The first-order valence-electron chi connectivity index (χ1n) is 8.75. The summed E-state index contributed by atoms with van der Waals surface area (Å²) in [6, 6.07) is 19.9. The van der Waals surface area contributed by atoms with Gasteiger partial charge in [-0.15, -0.1) is 0 Å². The van der Waals surface area contributed by atoms with Crippen LogP contribution in [0.25, 0.3) is 17.1 Å². The molecule has 0 aliphatic rings. The predicted octanol–water partition coefficient (Wildman–Crippen LogP) is 6.73. The van der Waals surface area contributed by atoms with E-state index in [0.717, 1.165) is 10.0 Å². The first-order valence-corrected chi connectivity index (χ1v) is 9.92. The van der Waals surface area contributed by atoms with E-state index in [1.165, 1.54) is 0 Å². The monoisotopic (exact) mass is 464 g/mol. The largest absolute Gasteiger partial charge is 0.437 e. The fourth-order valence-corrected chi connectivity index (χ4v) is 3.29. The van der Waals surface area contributed by atoms with Crippen LogP contribution >= 0.6 is 27.5 Å². The van der Waals surface area contributed by atoms with E-state index in [4.69, 9.17) is 16.3 Å². The molecule has 0 saturated carbocycles. The zero-order chi connectivity index (χ0) is 20.2. The number of fused-ring (bicyclic) bond motifs is 1. The summed E-state index contributed by atoms with van der Waals surface area (Å²) in [6.07, 6.45) is 4.88. The van der Waals surface area contributed by atoms with E-state index >= 15 is 0 Å². The molecule has 0 N–H and O–H groups in total. The smallest absolute Gasteiger partial charge is 0.238 e. The van der Waals surface area contributed by atoms with Crippen LogP contribution in [-0.2, 0) is 0 Å². The molecule has 0 aliphatic heterocycles. The Morgan fingerprint density at radius 2 is 1.83 bits per heavy atom.